The summed E-state index contributed by atoms with van der Waals surface area (Å²) in [6.07, 6.45) is 0. The molecule has 40 heavy (non-hydrogen) atoms. The van der Waals surface area contributed by atoms with Gasteiger partial charge in [0.2, 0.25) is 0 Å². The van der Waals surface area contributed by atoms with E-state index in [1.165, 1.54) is 18.1 Å². The first-order valence-corrected chi connectivity index (χ1v) is 12.8. The van der Waals surface area contributed by atoms with Gasteiger partial charge in [-0.2, -0.15) is 21.5 Å². The van der Waals surface area contributed by atoms with Crippen molar-refractivity contribution < 1.29 is 26.0 Å². The summed E-state index contributed by atoms with van der Waals surface area (Å²) in [5.41, 5.74) is 4.09. The molecule has 0 amide bonds. The van der Waals surface area contributed by atoms with E-state index in [1.54, 1.807) is 6.07 Å². The monoisotopic (exact) mass is 576 g/mol. The molecule has 10 heteroatoms. The Morgan fingerprint density at radius 2 is 1.18 bits per heavy atom. The van der Waals surface area contributed by atoms with Crippen molar-refractivity contribution in [3.8, 4) is 6.07 Å². The van der Waals surface area contributed by atoms with E-state index in [2.05, 4.69) is 64.4 Å². The number of nitriles is 1. The van der Waals surface area contributed by atoms with E-state index >= 15 is 0 Å². The van der Waals surface area contributed by atoms with Crippen molar-refractivity contribution in [1.29, 1.82) is 5.26 Å². The molecule has 4 aliphatic rings. The van der Waals surface area contributed by atoms with Crippen LogP contribution in [-0.2, 0) is 26.0 Å². The fourth-order valence-electron chi connectivity index (χ4n) is 4.99. The van der Waals surface area contributed by atoms with Gasteiger partial charge in [-0.05, 0) is 11.1 Å². The molecule has 0 saturated carbocycles. The Kier molecular flexibility index (Phi) is 8.66. The van der Waals surface area contributed by atoms with Crippen LogP contribution in [0.15, 0.2) is 89.1 Å². The van der Waals surface area contributed by atoms with Crippen LogP contribution in [0.1, 0.15) is 30.1 Å². The number of nitrogens with zero attached hydrogens (tertiary/aromatic N) is 7. The fraction of sp³-hybridized carbons (Fsp3) is 0.233. The zero-order valence-corrected chi connectivity index (χ0v) is 22.9. The molecule has 0 spiro atoms. The third kappa shape index (κ3) is 5.54. The van der Waals surface area contributed by atoms with Gasteiger partial charge in [0.1, 0.15) is 24.9 Å². The van der Waals surface area contributed by atoms with Gasteiger partial charge in [0, 0.05) is 6.92 Å². The summed E-state index contributed by atoms with van der Waals surface area (Å²) in [7, 11) is 0. The molecule has 0 unspecified atom stereocenters. The maximum absolute atomic E-state index is 7.32. The smallest absolute Gasteiger partial charge is 0.478 e. The predicted molar refractivity (Wildman–Crippen MR) is 149 cm³/mol. The molecule has 205 valence electrons. The van der Waals surface area contributed by atoms with E-state index in [-0.39, 0.29) is 28.6 Å². The Bertz CT molecular complexity index is 1300. The number of ether oxygens (including phenoxy) is 2. The number of fused-ring (bicyclic) bond motifs is 2. The van der Waals surface area contributed by atoms with E-state index in [0.717, 1.165) is 23.0 Å². The molecule has 9 nitrogen and oxygen atoms in total. The summed E-state index contributed by atoms with van der Waals surface area (Å²) in [4.78, 5) is 4.40. The van der Waals surface area contributed by atoms with Crippen LogP contribution in [0.3, 0.4) is 0 Å². The molecular weight excluding hydrogens is 549 g/mol. The van der Waals surface area contributed by atoms with Crippen molar-refractivity contribution in [3.05, 3.63) is 109 Å². The van der Waals surface area contributed by atoms with Gasteiger partial charge < -0.3 is 29.3 Å². The number of amidine groups is 2. The Balaban J connectivity index is 0.000000774. The largest absolute Gasteiger partial charge is 3.00 e. The molecule has 2 fully saturated rings. The van der Waals surface area contributed by atoms with Gasteiger partial charge in [-0.15, -0.1) is 31.5 Å². The predicted octanol–water partition coefficient (Wildman–Crippen LogP) is 4.67. The Hall–Kier alpha value is -3.90. The van der Waals surface area contributed by atoms with E-state index in [1.807, 2.05) is 53.7 Å². The fourth-order valence-corrected chi connectivity index (χ4v) is 4.99. The molecule has 4 aliphatic heterocycles. The summed E-state index contributed by atoms with van der Waals surface area (Å²) in [6, 6.07) is 32.3. The van der Waals surface area contributed by atoms with Gasteiger partial charge in [-0.1, -0.05) is 72.0 Å². The summed E-state index contributed by atoms with van der Waals surface area (Å²) >= 11 is 0. The van der Waals surface area contributed by atoms with Crippen LogP contribution in [-0.4, -0.2) is 47.9 Å². The van der Waals surface area contributed by atoms with Crippen molar-refractivity contribution in [2.24, 2.45) is 10.2 Å². The van der Waals surface area contributed by atoms with Crippen LogP contribution in [0.2, 0.25) is 0 Å². The summed E-state index contributed by atoms with van der Waals surface area (Å²) in [5, 5.41) is 20.7. The maximum Gasteiger partial charge on any atom is 3.00 e. The molecule has 2 atom stereocenters. The minimum atomic E-state index is 0. The molecule has 3 aromatic carbocycles. The number of hydrogen-bond acceptors (Lipinski definition) is 9. The number of rotatable bonds is 4. The van der Waals surface area contributed by atoms with Crippen molar-refractivity contribution in [2.75, 3.05) is 36.4 Å². The third-order valence-corrected chi connectivity index (χ3v) is 6.82. The van der Waals surface area contributed by atoms with E-state index in [4.69, 9.17) is 24.9 Å². The van der Waals surface area contributed by atoms with Crippen molar-refractivity contribution >= 4 is 23.0 Å². The van der Waals surface area contributed by atoms with Gasteiger partial charge in [-0.25, -0.2) is 0 Å². The van der Waals surface area contributed by atoms with Crippen LogP contribution in [0.4, 0.5) is 11.4 Å². The number of morpholine rings is 2. The van der Waals surface area contributed by atoms with Gasteiger partial charge in [0.25, 0.3) is 0 Å². The van der Waals surface area contributed by atoms with Crippen molar-refractivity contribution in [1.82, 2.24) is 9.80 Å². The topological polar surface area (TPSA) is 79.9 Å². The number of benzene rings is 3. The second-order valence-corrected chi connectivity index (χ2v) is 9.30. The maximum atomic E-state index is 7.32. The number of hydrogen-bond donors (Lipinski definition) is 0. The first-order valence-electron chi connectivity index (χ1n) is 12.8. The molecule has 2 saturated heterocycles. The van der Waals surface area contributed by atoms with Crippen LogP contribution < -0.4 is 10.0 Å². The third-order valence-electron chi connectivity index (χ3n) is 6.82. The summed E-state index contributed by atoms with van der Waals surface area (Å²) in [5.74, 6) is 1.78. The molecule has 4 heterocycles. The second kappa shape index (κ2) is 12.5. The second-order valence-electron chi connectivity index (χ2n) is 9.30. The normalized spacial score (nSPS) is 21.2. The zero-order valence-electron chi connectivity index (χ0n) is 21.9. The summed E-state index contributed by atoms with van der Waals surface area (Å²) < 4.78 is 11.7. The van der Waals surface area contributed by atoms with E-state index in [9.17, 15) is 0 Å². The van der Waals surface area contributed by atoms with Gasteiger partial charge >= 0.3 is 16.5 Å². The molecular formula is C30H28N7NiO2. The van der Waals surface area contributed by atoms with Crippen molar-refractivity contribution in [2.45, 2.75) is 19.0 Å². The Morgan fingerprint density at radius 3 is 1.60 bits per heavy atom. The average Bonchev–Trinajstić information content (AvgIpc) is 3.63. The van der Waals surface area contributed by atoms with Crippen molar-refractivity contribution in [3.63, 3.8) is 0 Å². The molecule has 0 N–H and O–H groups in total. The molecule has 0 bridgehead atoms. The summed E-state index contributed by atoms with van der Waals surface area (Å²) in [6.45, 7) is 7.72. The first kappa shape index (κ1) is 27.7. The van der Waals surface area contributed by atoms with Crippen LogP contribution in [0.25, 0.3) is 0 Å². The number of hydrazone groups is 2. The SMILES string of the molecule is CC#N.[Ni+3].[c-]1c(N2[CH-]N3C(=N2)COC[C@@H]3c2ccccc2)cccc1N1[CH-]N2C(=N1)COC[C@@H]2c1ccccc1. The van der Waals surface area contributed by atoms with Gasteiger partial charge in [-0.3, -0.25) is 0 Å². The van der Waals surface area contributed by atoms with E-state index < -0.39 is 0 Å². The Labute approximate surface area is 244 Å². The zero-order chi connectivity index (χ0) is 26.6. The molecule has 3 aromatic rings. The first-order chi connectivity index (χ1) is 19.2. The quantitative estimate of drug-likeness (QED) is 0.330. The van der Waals surface area contributed by atoms with Gasteiger partial charge in [0.15, 0.2) is 0 Å². The minimum absolute atomic E-state index is 0. The van der Waals surface area contributed by atoms with E-state index in [0.29, 0.717) is 26.4 Å². The molecule has 7 rings (SSSR count). The number of anilines is 2. The van der Waals surface area contributed by atoms with Crippen LogP contribution >= 0.6 is 0 Å². The van der Waals surface area contributed by atoms with Crippen LogP contribution in [0.5, 0.6) is 0 Å². The van der Waals surface area contributed by atoms with Gasteiger partial charge in [0.05, 0.1) is 31.4 Å². The molecule has 0 aromatic heterocycles. The molecule has 1 radical (unpaired) electrons. The molecule has 0 aliphatic carbocycles. The van der Waals surface area contributed by atoms with Crippen LogP contribution in [0, 0.1) is 30.7 Å². The standard InChI is InChI=1S/C28H25N6O2.C2H3N.Ni/c1-3-8-21(9-4-1)25-15-35-17-27-29-33(19-31(25)27)23-12-7-13-24(14-23)34-20-32-26(16-36-18-28(32)30-34)22-10-5-2-6-11-22;1-2-3;/h1-13,19-20,25-26H,15-18H2;1H3;/q-3;;+3/t25-,26-;;/m1../s1. The average molecular weight is 577 g/mol. The minimum Gasteiger partial charge on any atom is -0.478 e. The Morgan fingerprint density at radius 1 is 0.750 bits per heavy atom.